The van der Waals surface area contributed by atoms with Gasteiger partial charge in [-0.1, -0.05) is 24.4 Å². The molecule has 2 nitrogen and oxygen atoms in total. The van der Waals surface area contributed by atoms with E-state index in [-0.39, 0.29) is 0 Å². The molecule has 0 aliphatic heterocycles. The predicted molar refractivity (Wildman–Crippen MR) is 76.7 cm³/mol. The second kappa shape index (κ2) is 6.44. The van der Waals surface area contributed by atoms with Crippen LogP contribution in [-0.4, -0.2) is 19.2 Å². The van der Waals surface area contributed by atoms with E-state index in [1.807, 2.05) is 26.0 Å². The lowest BCUT2D eigenvalue weighted by Crippen LogP contribution is -2.30. The zero-order valence-corrected chi connectivity index (χ0v) is 12.0. The van der Waals surface area contributed by atoms with E-state index in [1.54, 1.807) is 0 Å². The van der Waals surface area contributed by atoms with Gasteiger partial charge in [-0.25, -0.2) is 0 Å². The lowest BCUT2D eigenvalue weighted by Gasteiger charge is -2.15. The fraction of sp³-hybridized carbons (Fsp3) is 0.600. The third-order valence-corrected chi connectivity index (χ3v) is 3.78. The van der Waals surface area contributed by atoms with Crippen LogP contribution in [0.2, 0.25) is 5.02 Å². The van der Waals surface area contributed by atoms with Crippen molar-refractivity contribution in [3.8, 4) is 5.75 Å². The first-order chi connectivity index (χ1) is 8.66. The van der Waals surface area contributed by atoms with Crippen molar-refractivity contribution in [1.82, 2.24) is 5.32 Å². The number of aryl methyl sites for hydroxylation is 2. The molecular weight excluding hydrogens is 246 g/mol. The molecular formula is C15H22ClNO. The average Bonchev–Trinajstić information content (AvgIpc) is 2.79. The summed E-state index contributed by atoms with van der Waals surface area (Å²) in [6, 6.07) is 4.61. The zero-order valence-electron chi connectivity index (χ0n) is 11.3. The van der Waals surface area contributed by atoms with Crippen molar-refractivity contribution in [2.45, 2.75) is 45.6 Å². The molecule has 0 bridgehead atoms. The first-order valence-corrected chi connectivity index (χ1v) is 7.17. The van der Waals surface area contributed by atoms with Crippen LogP contribution in [0, 0.1) is 13.8 Å². The number of hydrogen-bond donors (Lipinski definition) is 1. The highest BCUT2D eigenvalue weighted by Crippen LogP contribution is 2.26. The van der Waals surface area contributed by atoms with Gasteiger partial charge in [0.2, 0.25) is 0 Å². The van der Waals surface area contributed by atoms with Crippen LogP contribution in [0.3, 0.4) is 0 Å². The van der Waals surface area contributed by atoms with E-state index >= 15 is 0 Å². The van der Waals surface area contributed by atoms with Crippen molar-refractivity contribution < 1.29 is 4.74 Å². The second-order valence-electron chi connectivity index (χ2n) is 5.15. The second-order valence-corrected chi connectivity index (χ2v) is 5.59. The molecule has 0 spiro atoms. The summed E-state index contributed by atoms with van der Waals surface area (Å²) in [5, 5.41) is 4.33. The zero-order chi connectivity index (χ0) is 13.0. The Labute approximate surface area is 115 Å². The van der Waals surface area contributed by atoms with Gasteiger partial charge in [-0.2, -0.15) is 0 Å². The van der Waals surface area contributed by atoms with Gasteiger partial charge in [0.25, 0.3) is 0 Å². The maximum Gasteiger partial charge on any atom is 0.125 e. The maximum absolute atomic E-state index is 6.00. The van der Waals surface area contributed by atoms with E-state index < -0.39 is 0 Å². The number of benzene rings is 1. The Kier molecular flexibility index (Phi) is 4.90. The molecule has 1 aromatic carbocycles. The summed E-state index contributed by atoms with van der Waals surface area (Å²) in [4.78, 5) is 0. The Bertz CT molecular complexity index is 376. The van der Waals surface area contributed by atoms with Gasteiger partial charge in [-0.05, 0) is 49.9 Å². The average molecular weight is 268 g/mol. The van der Waals surface area contributed by atoms with Crippen LogP contribution in [0.4, 0.5) is 0 Å². The lowest BCUT2D eigenvalue weighted by atomic mass is 10.1. The fourth-order valence-corrected chi connectivity index (χ4v) is 3.00. The Morgan fingerprint density at radius 2 is 1.83 bits per heavy atom. The number of ether oxygens (including phenoxy) is 1. The molecule has 0 unspecified atom stereocenters. The molecule has 0 atom stereocenters. The summed E-state index contributed by atoms with van der Waals surface area (Å²) >= 11 is 6.00. The standard InChI is InChI=1S/C15H22ClNO/c1-11-9-13(16)10-12(2)15(11)18-8-7-17-14-5-3-4-6-14/h9-10,14,17H,3-8H2,1-2H3. The number of nitrogens with one attached hydrogen (secondary N) is 1. The highest BCUT2D eigenvalue weighted by Gasteiger charge is 2.13. The Morgan fingerprint density at radius 3 is 2.44 bits per heavy atom. The minimum atomic E-state index is 0.709. The first-order valence-electron chi connectivity index (χ1n) is 6.80. The molecule has 0 amide bonds. The molecule has 0 saturated heterocycles. The first kappa shape index (κ1) is 13.7. The van der Waals surface area contributed by atoms with E-state index in [2.05, 4.69) is 5.32 Å². The predicted octanol–water partition coefficient (Wildman–Crippen LogP) is 3.87. The smallest absolute Gasteiger partial charge is 0.125 e. The minimum Gasteiger partial charge on any atom is -0.492 e. The largest absolute Gasteiger partial charge is 0.492 e. The summed E-state index contributed by atoms with van der Waals surface area (Å²) in [6.07, 6.45) is 5.37. The van der Waals surface area contributed by atoms with Crippen LogP contribution in [0.5, 0.6) is 5.75 Å². The summed E-state index contributed by atoms with van der Waals surface area (Å²) in [5.41, 5.74) is 2.22. The van der Waals surface area contributed by atoms with E-state index in [0.717, 1.165) is 35.1 Å². The highest BCUT2D eigenvalue weighted by atomic mass is 35.5. The van der Waals surface area contributed by atoms with Crippen molar-refractivity contribution in [2.24, 2.45) is 0 Å². The molecule has 1 aliphatic rings. The quantitative estimate of drug-likeness (QED) is 0.818. The van der Waals surface area contributed by atoms with Gasteiger partial charge in [-0.15, -0.1) is 0 Å². The van der Waals surface area contributed by atoms with Crippen molar-refractivity contribution in [1.29, 1.82) is 0 Å². The summed E-state index contributed by atoms with van der Waals surface area (Å²) in [5.74, 6) is 0.979. The van der Waals surface area contributed by atoms with Crippen LogP contribution in [0.25, 0.3) is 0 Å². The van der Waals surface area contributed by atoms with Crippen LogP contribution in [0.1, 0.15) is 36.8 Å². The van der Waals surface area contributed by atoms with Crippen LogP contribution in [-0.2, 0) is 0 Å². The normalized spacial score (nSPS) is 16.2. The SMILES string of the molecule is Cc1cc(Cl)cc(C)c1OCCNC1CCCC1. The topological polar surface area (TPSA) is 21.3 Å². The monoisotopic (exact) mass is 267 g/mol. The van der Waals surface area contributed by atoms with E-state index in [4.69, 9.17) is 16.3 Å². The molecule has 2 rings (SSSR count). The Hall–Kier alpha value is -0.730. The van der Waals surface area contributed by atoms with E-state index in [1.165, 1.54) is 25.7 Å². The summed E-state index contributed by atoms with van der Waals surface area (Å²) in [6.45, 7) is 5.73. The number of halogens is 1. The number of rotatable bonds is 5. The van der Waals surface area contributed by atoms with Crippen molar-refractivity contribution >= 4 is 11.6 Å². The molecule has 100 valence electrons. The molecule has 1 aliphatic carbocycles. The Morgan fingerprint density at radius 1 is 1.22 bits per heavy atom. The third-order valence-electron chi connectivity index (χ3n) is 3.56. The van der Waals surface area contributed by atoms with Gasteiger partial charge in [0.1, 0.15) is 12.4 Å². The van der Waals surface area contributed by atoms with Crippen LogP contribution < -0.4 is 10.1 Å². The van der Waals surface area contributed by atoms with Gasteiger partial charge in [0.15, 0.2) is 0 Å². The van der Waals surface area contributed by atoms with Crippen LogP contribution >= 0.6 is 11.6 Å². The van der Waals surface area contributed by atoms with Gasteiger partial charge in [-0.3, -0.25) is 0 Å². The number of hydrogen-bond acceptors (Lipinski definition) is 2. The lowest BCUT2D eigenvalue weighted by molar-refractivity contribution is 0.301. The van der Waals surface area contributed by atoms with Gasteiger partial charge >= 0.3 is 0 Å². The third kappa shape index (κ3) is 3.63. The van der Waals surface area contributed by atoms with Crippen molar-refractivity contribution in [3.05, 3.63) is 28.3 Å². The Balaban J connectivity index is 1.79. The fourth-order valence-electron chi connectivity index (χ4n) is 2.67. The maximum atomic E-state index is 6.00. The van der Waals surface area contributed by atoms with Crippen molar-refractivity contribution in [3.63, 3.8) is 0 Å². The molecule has 1 saturated carbocycles. The molecule has 3 heteroatoms. The molecule has 0 heterocycles. The van der Waals surface area contributed by atoms with Crippen molar-refractivity contribution in [2.75, 3.05) is 13.2 Å². The molecule has 0 radical (unpaired) electrons. The molecule has 1 aromatic rings. The summed E-state index contributed by atoms with van der Waals surface area (Å²) < 4.78 is 5.86. The van der Waals surface area contributed by atoms with E-state index in [0.29, 0.717) is 6.04 Å². The molecule has 0 aromatic heterocycles. The van der Waals surface area contributed by atoms with Gasteiger partial charge in [0.05, 0.1) is 0 Å². The van der Waals surface area contributed by atoms with Gasteiger partial charge in [0, 0.05) is 17.6 Å². The highest BCUT2D eigenvalue weighted by molar-refractivity contribution is 6.30. The summed E-state index contributed by atoms with van der Waals surface area (Å²) in [7, 11) is 0. The molecule has 1 fully saturated rings. The van der Waals surface area contributed by atoms with E-state index in [9.17, 15) is 0 Å². The molecule has 18 heavy (non-hydrogen) atoms. The minimum absolute atomic E-state index is 0.709. The van der Waals surface area contributed by atoms with Gasteiger partial charge < -0.3 is 10.1 Å². The molecule has 1 N–H and O–H groups in total. The van der Waals surface area contributed by atoms with Crippen LogP contribution in [0.15, 0.2) is 12.1 Å².